The van der Waals surface area contributed by atoms with Crippen LogP contribution in [0.15, 0.2) is 42.5 Å². The summed E-state index contributed by atoms with van der Waals surface area (Å²) in [5.74, 6) is 0.824. The van der Waals surface area contributed by atoms with Crippen LogP contribution in [-0.2, 0) is 6.54 Å². The Morgan fingerprint density at radius 2 is 1.64 bits per heavy atom. The van der Waals surface area contributed by atoms with E-state index in [4.69, 9.17) is 4.74 Å². The van der Waals surface area contributed by atoms with E-state index in [0.29, 0.717) is 30.0 Å². The molecule has 0 aromatic heterocycles. The molecular weight excluding hydrogens is 274 g/mol. The molecular formula is C18H17N3O. The fraction of sp³-hybridized carbons (Fsp3) is 0.222. The summed E-state index contributed by atoms with van der Waals surface area (Å²) in [4.78, 5) is 1.91. The summed E-state index contributed by atoms with van der Waals surface area (Å²) in [6.45, 7) is 3.10. The van der Waals surface area contributed by atoms with Gasteiger partial charge in [0.25, 0.3) is 0 Å². The largest absolute Gasteiger partial charge is 0.494 e. The number of benzene rings is 2. The average Bonchev–Trinajstić information content (AvgIpc) is 2.55. The van der Waals surface area contributed by atoms with Crippen LogP contribution in [0.4, 0.5) is 5.69 Å². The number of hydrogen-bond acceptors (Lipinski definition) is 4. The van der Waals surface area contributed by atoms with E-state index in [1.54, 1.807) is 18.2 Å². The van der Waals surface area contributed by atoms with E-state index in [2.05, 4.69) is 12.1 Å². The first-order valence-electron chi connectivity index (χ1n) is 7.06. The highest BCUT2D eigenvalue weighted by Gasteiger charge is 2.14. The molecule has 0 spiro atoms. The fourth-order valence-corrected chi connectivity index (χ4v) is 2.40. The molecule has 0 atom stereocenters. The van der Waals surface area contributed by atoms with E-state index in [1.807, 2.05) is 43.1 Å². The van der Waals surface area contributed by atoms with E-state index in [1.165, 1.54) is 0 Å². The minimum absolute atomic E-state index is 0.496. The van der Waals surface area contributed by atoms with Gasteiger partial charge in [0.2, 0.25) is 0 Å². The molecule has 0 aliphatic rings. The molecule has 0 fully saturated rings. The number of rotatable bonds is 5. The summed E-state index contributed by atoms with van der Waals surface area (Å²) in [5, 5.41) is 18.6. The summed E-state index contributed by atoms with van der Waals surface area (Å²) in [6.07, 6.45) is 0. The Morgan fingerprint density at radius 3 is 2.23 bits per heavy atom. The Hall–Kier alpha value is -2.98. The molecule has 4 heteroatoms. The van der Waals surface area contributed by atoms with Crippen molar-refractivity contribution in [3.63, 3.8) is 0 Å². The van der Waals surface area contributed by atoms with E-state index in [0.717, 1.165) is 11.3 Å². The Balaban J connectivity index is 2.37. The van der Waals surface area contributed by atoms with Crippen LogP contribution < -0.4 is 9.64 Å². The number of nitrogens with zero attached hydrogens (tertiary/aromatic N) is 3. The monoisotopic (exact) mass is 291 g/mol. The molecule has 0 unspecified atom stereocenters. The third-order valence-electron chi connectivity index (χ3n) is 3.34. The maximum atomic E-state index is 9.28. The lowest BCUT2D eigenvalue weighted by Gasteiger charge is -2.23. The lowest BCUT2D eigenvalue weighted by molar-refractivity contribution is 0.336. The van der Waals surface area contributed by atoms with Crippen molar-refractivity contribution >= 4 is 5.69 Å². The normalized spacial score (nSPS) is 9.64. The molecule has 0 saturated heterocycles. The Labute approximate surface area is 130 Å². The van der Waals surface area contributed by atoms with Gasteiger partial charge >= 0.3 is 0 Å². The van der Waals surface area contributed by atoms with Crippen molar-refractivity contribution in [2.24, 2.45) is 0 Å². The summed E-state index contributed by atoms with van der Waals surface area (Å²) >= 11 is 0. The molecule has 4 nitrogen and oxygen atoms in total. The number of hydrogen-bond donors (Lipinski definition) is 0. The maximum absolute atomic E-state index is 9.28. The number of ether oxygens (including phenoxy) is 1. The van der Waals surface area contributed by atoms with E-state index in [9.17, 15) is 10.5 Å². The molecule has 2 aromatic rings. The molecule has 22 heavy (non-hydrogen) atoms. The van der Waals surface area contributed by atoms with Crippen molar-refractivity contribution in [2.75, 3.05) is 18.6 Å². The molecule has 0 radical (unpaired) electrons. The molecule has 110 valence electrons. The van der Waals surface area contributed by atoms with Crippen LogP contribution in [0, 0.1) is 22.7 Å². The topological polar surface area (TPSA) is 60.0 Å². The average molecular weight is 291 g/mol. The van der Waals surface area contributed by atoms with E-state index >= 15 is 0 Å². The Bertz CT molecular complexity index is 708. The first-order valence-corrected chi connectivity index (χ1v) is 7.06. The van der Waals surface area contributed by atoms with Gasteiger partial charge in [-0.2, -0.15) is 10.5 Å². The SMILES string of the molecule is CCOc1ccccc1CN(C)c1c(C#N)cccc1C#N. The van der Waals surface area contributed by atoms with Gasteiger partial charge in [-0.3, -0.25) is 0 Å². The maximum Gasteiger partial charge on any atom is 0.124 e. The molecule has 2 aromatic carbocycles. The lowest BCUT2D eigenvalue weighted by Crippen LogP contribution is -2.19. The highest BCUT2D eigenvalue weighted by Crippen LogP contribution is 2.27. The Morgan fingerprint density at radius 1 is 1.00 bits per heavy atom. The zero-order valence-electron chi connectivity index (χ0n) is 12.7. The molecule has 0 aliphatic heterocycles. The second kappa shape index (κ2) is 7.15. The highest BCUT2D eigenvalue weighted by molar-refractivity contribution is 5.68. The van der Waals surface area contributed by atoms with Gasteiger partial charge in [0, 0.05) is 19.2 Å². The molecule has 0 heterocycles. The van der Waals surface area contributed by atoms with Crippen LogP contribution in [0.2, 0.25) is 0 Å². The second-order valence-electron chi connectivity index (χ2n) is 4.82. The summed E-state index contributed by atoms with van der Waals surface area (Å²) in [6, 6.07) is 17.3. The van der Waals surface area contributed by atoms with Gasteiger partial charge in [0.05, 0.1) is 23.4 Å². The van der Waals surface area contributed by atoms with Crippen LogP contribution >= 0.6 is 0 Å². The smallest absolute Gasteiger partial charge is 0.124 e. The molecule has 0 aliphatic carbocycles. The third kappa shape index (κ3) is 3.19. The van der Waals surface area contributed by atoms with Crippen molar-refractivity contribution in [1.82, 2.24) is 0 Å². The van der Waals surface area contributed by atoms with Gasteiger partial charge in [0.15, 0.2) is 0 Å². The van der Waals surface area contributed by atoms with Crippen molar-refractivity contribution in [2.45, 2.75) is 13.5 Å². The molecule has 0 amide bonds. The van der Waals surface area contributed by atoms with Crippen molar-refractivity contribution in [3.05, 3.63) is 59.2 Å². The van der Waals surface area contributed by atoms with Crippen LogP contribution in [0.5, 0.6) is 5.75 Å². The molecule has 0 N–H and O–H groups in total. The van der Waals surface area contributed by atoms with Crippen LogP contribution in [-0.4, -0.2) is 13.7 Å². The van der Waals surface area contributed by atoms with E-state index in [-0.39, 0.29) is 0 Å². The Kier molecular flexibility index (Phi) is 5.01. The second-order valence-corrected chi connectivity index (χ2v) is 4.82. The number of nitriles is 2. The molecule has 2 rings (SSSR count). The minimum atomic E-state index is 0.496. The zero-order valence-corrected chi connectivity index (χ0v) is 12.7. The predicted molar refractivity (Wildman–Crippen MR) is 85.6 cm³/mol. The van der Waals surface area contributed by atoms with Crippen molar-refractivity contribution < 1.29 is 4.74 Å². The van der Waals surface area contributed by atoms with Gasteiger partial charge in [-0.25, -0.2) is 0 Å². The van der Waals surface area contributed by atoms with Crippen LogP contribution in [0.3, 0.4) is 0 Å². The first kappa shape index (κ1) is 15.4. The van der Waals surface area contributed by atoms with E-state index < -0.39 is 0 Å². The number of anilines is 1. The molecule has 0 bridgehead atoms. The molecule has 0 saturated carbocycles. The third-order valence-corrected chi connectivity index (χ3v) is 3.34. The quantitative estimate of drug-likeness (QED) is 0.846. The van der Waals surface area contributed by atoms with Gasteiger partial charge in [-0.05, 0) is 25.1 Å². The van der Waals surface area contributed by atoms with Gasteiger partial charge in [0.1, 0.15) is 17.9 Å². The van der Waals surface area contributed by atoms with Gasteiger partial charge in [-0.15, -0.1) is 0 Å². The lowest BCUT2D eigenvalue weighted by atomic mass is 10.1. The minimum Gasteiger partial charge on any atom is -0.494 e. The van der Waals surface area contributed by atoms with Crippen molar-refractivity contribution in [3.8, 4) is 17.9 Å². The summed E-state index contributed by atoms with van der Waals surface area (Å²) in [5.41, 5.74) is 2.66. The summed E-state index contributed by atoms with van der Waals surface area (Å²) in [7, 11) is 1.87. The number of para-hydroxylation sites is 2. The van der Waals surface area contributed by atoms with Crippen LogP contribution in [0.1, 0.15) is 23.6 Å². The fourth-order valence-electron chi connectivity index (χ4n) is 2.40. The van der Waals surface area contributed by atoms with Gasteiger partial charge < -0.3 is 9.64 Å². The highest BCUT2D eigenvalue weighted by atomic mass is 16.5. The standard InChI is InChI=1S/C18H17N3O/c1-3-22-17-10-5-4-7-16(17)13-21(2)18-14(11-19)8-6-9-15(18)12-20/h4-10H,3,13H2,1-2H3. The van der Waals surface area contributed by atoms with Crippen LogP contribution in [0.25, 0.3) is 0 Å². The zero-order chi connectivity index (χ0) is 15.9. The predicted octanol–water partition coefficient (Wildman–Crippen LogP) is 3.47. The summed E-state index contributed by atoms with van der Waals surface area (Å²) < 4.78 is 5.63. The van der Waals surface area contributed by atoms with Crippen molar-refractivity contribution in [1.29, 1.82) is 10.5 Å². The first-order chi connectivity index (χ1) is 10.7. The van der Waals surface area contributed by atoms with Gasteiger partial charge in [-0.1, -0.05) is 24.3 Å².